The number of nitrogens with one attached hydrogen (secondary N) is 6. The Hall–Kier alpha value is -8.13. The molecule has 0 spiro atoms. The van der Waals surface area contributed by atoms with Crippen LogP contribution in [0.5, 0.6) is 0 Å². The number of alkyl carbamates (subject to hydrolysis) is 1. The lowest BCUT2D eigenvalue weighted by molar-refractivity contribution is -0.131. The third-order valence-electron chi connectivity index (χ3n) is 16.2. The number of pyridine rings is 3. The van der Waals surface area contributed by atoms with Gasteiger partial charge in [0.1, 0.15) is 18.5 Å². The summed E-state index contributed by atoms with van der Waals surface area (Å²) < 4.78 is 40.4. The Morgan fingerprint density at radius 3 is 2.30 bits per heavy atom. The van der Waals surface area contributed by atoms with Crippen molar-refractivity contribution in [3.8, 4) is 0 Å². The third-order valence-corrected chi connectivity index (χ3v) is 16.2. The van der Waals surface area contributed by atoms with Gasteiger partial charge in [-0.25, -0.2) is 19.5 Å². The summed E-state index contributed by atoms with van der Waals surface area (Å²) in [5, 5.41) is 17.5. The number of halogens is 1. The smallest absolute Gasteiger partial charge is 0.407 e. The van der Waals surface area contributed by atoms with Crippen LogP contribution in [0, 0.1) is 37.0 Å². The van der Waals surface area contributed by atoms with E-state index in [0.29, 0.717) is 105 Å². The Bertz CT molecular complexity index is 3240. The average Bonchev–Trinajstić information content (AvgIpc) is 1.85. The maximum Gasteiger partial charge on any atom is 0.407 e. The quantitative estimate of drug-likeness (QED) is 0.0165. The van der Waals surface area contributed by atoms with Crippen molar-refractivity contribution in [2.24, 2.45) is 22.7 Å². The van der Waals surface area contributed by atoms with Crippen LogP contribution in [0.3, 0.4) is 0 Å². The molecule has 0 radical (unpaired) electrons. The Kier molecular flexibility index (Phi) is 25.1. The summed E-state index contributed by atoms with van der Waals surface area (Å²) in [5.41, 5.74) is 18.7. The molecule has 3 aliphatic rings. The molecular weight excluding hydrogens is 1140 g/mol. The van der Waals surface area contributed by atoms with Crippen LogP contribution in [0.15, 0.2) is 89.2 Å². The Labute approximate surface area is 519 Å². The van der Waals surface area contributed by atoms with Crippen LogP contribution < -0.4 is 47.5 Å². The van der Waals surface area contributed by atoms with E-state index in [1.165, 1.54) is 6.07 Å². The van der Waals surface area contributed by atoms with E-state index < -0.39 is 41.7 Å². The maximum absolute atomic E-state index is 16.5. The van der Waals surface area contributed by atoms with Crippen molar-refractivity contribution in [2.75, 3.05) is 101 Å². The molecule has 480 valence electrons. The van der Waals surface area contributed by atoms with Crippen LogP contribution in [0.25, 0.3) is 10.9 Å². The zero-order chi connectivity index (χ0) is 63.2. The lowest BCUT2D eigenvalue weighted by Gasteiger charge is -2.40. The number of aromatic nitrogens is 3. The first-order valence-corrected chi connectivity index (χ1v) is 31.0. The van der Waals surface area contributed by atoms with E-state index in [2.05, 4.69) is 68.2 Å². The summed E-state index contributed by atoms with van der Waals surface area (Å²) in [7, 11) is 0. The van der Waals surface area contributed by atoms with Crippen molar-refractivity contribution >= 4 is 57.8 Å². The van der Waals surface area contributed by atoms with Crippen molar-refractivity contribution < 1.29 is 47.3 Å². The largest absolute Gasteiger partial charge is 0.445 e. The van der Waals surface area contributed by atoms with Crippen LogP contribution in [0.4, 0.5) is 31.0 Å². The van der Waals surface area contributed by atoms with Gasteiger partial charge in [0.25, 0.3) is 0 Å². The van der Waals surface area contributed by atoms with Gasteiger partial charge in [-0.1, -0.05) is 26.0 Å². The molecule has 2 saturated heterocycles. The number of nitrogens with two attached hydrogens (primary N) is 1. The van der Waals surface area contributed by atoms with Gasteiger partial charge in [0.05, 0.1) is 81.2 Å². The summed E-state index contributed by atoms with van der Waals surface area (Å²) in [5.74, 6) is -2.75. The fraction of sp³-hybridized carbons (Fsp3) is 0.531. The number of carbonyl (C=O) groups is 5. The van der Waals surface area contributed by atoms with Gasteiger partial charge in [0, 0.05) is 111 Å². The number of amides is 6. The van der Waals surface area contributed by atoms with Crippen molar-refractivity contribution in [3.63, 3.8) is 0 Å². The fourth-order valence-corrected chi connectivity index (χ4v) is 11.2. The summed E-state index contributed by atoms with van der Waals surface area (Å²) in [6.07, 6.45) is 10.2. The molecule has 1 aliphatic carbocycles. The first kappa shape index (κ1) is 66.8. The molecular formula is C64H87FN14O10. The number of hydrogen-bond donors (Lipinski definition) is 7. The molecule has 1 unspecified atom stereocenters. The SMILES string of the molecule is Cc1ccc(N2CCC[C@H](N(Cc3ccnc(C)c3)Cc3cn(C4CC4)c4cc(N5CC[C@@H](NC(=O)OCc6ccc(NC(=O)C(CCCNC(N)=O)CNC(=O)[C@@H](NC(=O)CCOCCOCCOCCN=N)C(C)C)cc6)C5)c(F)cc4c3=O)C2)cn1. The molecule has 5 aromatic rings. The standard InChI is InChI=1S/C64H87FN14O10/c1-42(2)59(75-58(80)19-25-86-27-29-88-30-28-87-26-22-72-67)62(83)71-34-47(7-5-20-69-63(66)84)61(82)73-49-12-10-45(11-13-49)41-89-64(85)74-50-18-24-77(39-50)57-33-56-54(32-55(57)65)60(81)48(38-79(56)51-15-16-51)37-78(36-46-17-21-68-44(4)31-46)53-8-6-23-76(40-53)52-14-9-43(3)70-35-52/h9-14,17,21,31-33,35,38,42,47,50-51,53,59,67H,5-8,15-16,18-20,22-30,34,36-37,39-41H2,1-4H3,(H,71,83)(H,73,82)(H,74,85)(H,75,80)(H3,66,69,84)/t47?,50-,53+,59+/m1/s1. The molecule has 2 aromatic carbocycles. The van der Waals surface area contributed by atoms with Crippen LogP contribution in [0.1, 0.15) is 99.3 Å². The second-order valence-corrected chi connectivity index (χ2v) is 23.5. The summed E-state index contributed by atoms with van der Waals surface area (Å²) in [6.45, 7) is 13.2. The Morgan fingerprint density at radius 2 is 1.60 bits per heavy atom. The van der Waals surface area contributed by atoms with Gasteiger partial charge in [0.15, 0.2) is 5.43 Å². The molecule has 89 heavy (non-hydrogen) atoms. The molecule has 25 heteroatoms. The molecule has 8 N–H and O–H groups in total. The van der Waals surface area contributed by atoms with Gasteiger partial charge in [0.2, 0.25) is 17.7 Å². The predicted molar refractivity (Wildman–Crippen MR) is 335 cm³/mol. The van der Waals surface area contributed by atoms with Crippen LogP contribution in [0.2, 0.25) is 0 Å². The second-order valence-electron chi connectivity index (χ2n) is 23.5. The monoisotopic (exact) mass is 1230 g/mol. The fourth-order valence-electron chi connectivity index (χ4n) is 11.2. The highest BCUT2D eigenvalue weighted by molar-refractivity contribution is 5.93. The van der Waals surface area contributed by atoms with E-state index in [1.54, 1.807) is 44.2 Å². The van der Waals surface area contributed by atoms with Crippen molar-refractivity contribution in [2.45, 2.75) is 123 Å². The molecule has 8 rings (SSSR count). The molecule has 5 heterocycles. The normalized spacial score (nSPS) is 16.5. The lowest BCUT2D eigenvalue weighted by Crippen LogP contribution is -2.51. The summed E-state index contributed by atoms with van der Waals surface area (Å²) in [6, 6.07) is 16.6. The first-order valence-electron chi connectivity index (χ1n) is 31.0. The highest BCUT2D eigenvalue weighted by Crippen LogP contribution is 2.39. The van der Waals surface area contributed by atoms with E-state index in [4.69, 9.17) is 30.2 Å². The molecule has 1 saturated carbocycles. The summed E-state index contributed by atoms with van der Waals surface area (Å²) in [4.78, 5) is 94.8. The minimum absolute atomic E-state index is 0.0160. The third kappa shape index (κ3) is 20.5. The van der Waals surface area contributed by atoms with E-state index >= 15 is 4.39 Å². The maximum atomic E-state index is 16.5. The van der Waals surface area contributed by atoms with Crippen molar-refractivity contribution in [1.82, 2.24) is 40.7 Å². The number of fused-ring (bicyclic) bond motifs is 1. The van der Waals surface area contributed by atoms with E-state index in [9.17, 15) is 28.8 Å². The van der Waals surface area contributed by atoms with Crippen molar-refractivity contribution in [3.05, 3.63) is 123 Å². The number of ether oxygens (including phenoxy) is 4. The van der Waals surface area contributed by atoms with E-state index in [1.807, 2.05) is 49.5 Å². The molecule has 3 aromatic heterocycles. The van der Waals surface area contributed by atoms with Crippen LogP contribution in [-0.4, -0.2) is 153 Å². The second kappa shape index (κ2) is 33.5. The topological polar surface area (TPSA) is 302 Å². The average molecular weight is 1230 g/mol. The van der Waals surface area contributed by atoms with Gasteiger partial charge in [-0.05, 0) is 124 Å². The number of hydrogen-bond acceptors (Lipinski definition) is 17. The predicted octanol–water partition coefficient (Wildman–Crippen LogP) is 6.79. The number of primary amides is 1. The highest BCUT2D eigenvalue weighted by atomic mass is 19.1. The molecule has 2 aliphatic heterocycles. The van der Waals surface area contributed by atoms with Gasteiger partial charge in [-0.15, -0.1) is 0 Å². The summed E-state index contributed by atoms with van der Waals surface area (Å²) >= 11 is 0. The number of carbonyl (C=O) groups excluding carboxylic acids is 5. The van der Waals surface area contributed by atoms with E-state index in [0.717, 1.165) is 61.4 Å². The number of nitrogens with zero attached hydrogens (tertiary/aromatic N) is 7. The Balaban J connectivity index is 0.821. The van der Waals surface area contributed by atoms with Crippen LogP contribution in [-0.2, 0) is 53.0 Å². The highest BCUT2D eigenvalue weighted by Gasteiger charge is 2.33. The van der Waals surface area contributed by atoms with Crippen molar-refractivity contribution in [1.29, 1.82) is 5.53 Å². The van der Waals surface area contributed by atoms with Gasteiger partial charge < -0.3 is 65.6 Å². The number of rotatable bonds is 34. The Morgan fingerprint density at radius 1 is 0.831 bits per heavy atom. The number of piperidine rings is 1. The molecule has 24 nitrogen and oxygen atoms in total. The van der Waals surface area contributed by atoms with Crippen LogP contribution >= 0.6 is 0 Å². The molecule has 0 bridgehead atoms. The van der Waals surface area contributed by atoms with Gasteiger partial charge in [-0.3, -0.25) is 34.0 Å². The number of urea groups is 1. The van der Waals surface area contributed by atoms with Gasteiger partial charge >= 0.3 is 12.1 Å². The van der Waals surface area contributed by atoms with Gasteiger partial charge in [-0.2, -0.15) is 5.11 Å². The number of benzene rings is 2. The molecule has 6 amide bonds. The molecule has 4 atom stereocenters. The lowest BCUT2D eigenvalue weighted by atomic mass is 10.00. The minimum atomic E-state index is -0.885. The molecule has 3 fully saturated rings. The number of aryl methyl sites for hydroxylation is 2. The zero-order valence-electron chi connectivity index (χ0n) is 51.6. The first-order chi connectivity index (χ1) is 43.0. The zero-order valence-corrected chi connectivity index (χ0v) is 51.6. The number of anilines is 3. The van der Waals surface area contributed by atoms with E-state index in [-0.39, 0.29) is 81.1 Å². The minimum Gasteiger partial charge on any atom is -0.445 e.